The van der Waals surface area contributed by atoms with Crippen molar-refractivity contribution in [2.45, 2.75) is 32.2 Å². The lowest BCUT2D eigenvalue weighted by atomic mass is 10.1. The molecule has 0 atom stereocenters. The second kappa shape index (κ2) is 7.99. The van der Waals surface area contributed by atoms with Gasteiger partial charge in [-0.05, 0) is 31.0 Å². The van der Waals surface area contributed by atoms with Crippen molar-refractivity contribution in [2.75, 3.05) is 19.2 Å². The summed E-state index contributed by atoms with van der Waals surface area (Å²) in [7, 11) is 1.26. The number of carbonyl (C=O) groups excluding carboxylic acids is 2. The van der Waals surface area contributed by atoms with Gasteiger partial charge in [-0.2, -0.15) is 0 Å². The molecule has 5 rings (SSSR count). The highest BCUT2D eigenvalue weighted by molar-refractivity contribution is 6.09. The van der Waals surface area contributed by atoms with E-state index in [9.17, 15) is 14.4 Å². The van der Waals surface area contributed by atoms with E-state index < -0.39 is 11.9 Å². The highest BCUT2D eigenvalue weighted by Gasteiger charge is 2.23. The van der Waals surface area contributed by atoms with Crippen LogP contribution < -0.4 is 20.3 Å². The van der Waals surface area contributed by atoms with Gasteiger partial charge in [-0.15, -0.1) is 0 Å². The van der Waals surface area contributed by atoms with Gasteiger partial charge in [0, 0.05) is 30.7 Å². The van der Waals surface area contributed by atoms with Crippen molar-refractivity contribution in [2.24, 2.45) is 0 Å². The molecule has 164 valence electrons. The third-order valence-electron chi connectivity index (χ3n) is 5.74. The minimum atomic E-state index is -0.616. The van der Waals surface area contributed by atoms with E-state index in [-0.39, 0.29) is 23.6 Å². The average Bonchev–Trinajstić information content (AvgIpc) is 3.13. The van der Waals surface area contributed by atoms with Gasteiger partial charge in [-0.25, -0.2) is 9.78 Å². The Labute approximate surface area is 182 Å². The Morgan fingerprint density at radius 3 is 2.72 bits per heavy atom. The van der Waals surface area contributed by atoms with E-state index in [0.29, 0.717) is 34.5 Å². The fourth-order valence-corrected chi connectivity index (χ4v) is 4.08. The standard InChI is InChI=1S/C23H21N3O6/c1-30-23(29)15-10-18-19(32-12-31-18)11-17(15)25-21(27)13-6-7-14-16(9-13)24-20-5-3-2-4-8-26(20)22(14)28/h6-7,9-11H,2-5,8,12H2,1H3,(H,25,27). The number of amides is 1. The van der Waals surface area contributed by atoms with Gasteiger partial charge < -0.3 is 19.5 Å². The van der Waals surface area contributed by atoms with Gasteiger partial charge in [-0.1, -0.05) is 6.42 Å². The first-order valence-electron chi connectivity index (χ1n) is 10.4. The number of nitrogens with zero attached hydrogens (tertiary/aromatic N) is 2. The summed E-state index contributed by atoms with van der Waals surface area (Å²) in [5.41, 5.74) is 1.10. The Morgan fingerprint density at radius 2 is 1.91 bits per heavy atom. The maximum atomic E-state index is 13.0. The molecule has 0 saturated heterocycles. The first-order valence-corrected chi connectivity index (χ1v) is 10.4. The van der Waals surface area contributed by atoms with Crippen LogP contribution in [0, 0.1) is 0 Å². The topological polar surface area (TPSA) is 109 Å². The predicted molar refractivity (Wildman–Crippen MR) is 115 cm³/mol. The number of methoxy groups -OCH3 is 1. The van der Waals surface area contributed by atoms with Crippen molar-refractivity contribution < 1.29 is 23.8 Å². The van der Waals surface area contributed by atoms with E-state index >= 15 is 0 Å². The second-order valence-electron chi connectivity index (χ2n) is 7.72. The van der Waals surface area contributed by atoms with E-state index in [2.05, 4.69) is 10.3 Å². The Balaban J connectivity index is 1.51. The molecule has 0 spiro atoms. The number of benzene rings is 2. The smallest absolute Gasteiger partial charge is 0.340 e. The first-order chi connectivity index (χ1) is 15.5. The van der Waals surface area contributed by atoms with Crippen LogP contribution in [0.4, 0.5) is 5.69 Å². The maximum Gasteiger partial charge on any atom is 0.340 e. The predicted octanol–water partition coefficient (Wildman–Crippen LogP) is 2.89. The van der Waals surface area contributed by atoms with Gasteiger partial charge in [-0.3, -0.25) is 14.2 Å². The lowest BCUT2D eigenvalue weighted by Crippen LogP contribution is -2.24. The summed E-state index contributed by atoms with van der Waals surface area (Å²) in [4.78, 5) is 42.8. The monoisotopic (exact) mass is 435 g/mol. The summed E-state index contributed by atoms with van der Waals surface area (Å²) in [5, 5.41) is 3.21. The van der Waals surface area contributed by atoms with Crippen molar-refractivity contribution in [3.8, 4) is 11.5 Å². The number of aryl methyl sites for hydroxylation is 1. The van der Waals surface area contributed by atoms with Gasteiger partial charge in [0.2, 0.25) is 6.79 Å². The van der Waals surface area contributed by atoms with Crippen molar-refractivity contribution in [1.29, 1.82) is 0 Å². The third-order valence-corrected chi connectivity index (χ3v) is 5.74. The van der Waals surface area contributed by atoms with Crippen LogP contribution in [-0.2, 0) is 17.7 Å². The first kappa shape index (κ1) is 20.0. The zero-order valence-corrected chi connectivity index (χ0v) is 17.5. The summed E-state index contributed by atoms with van der Waals surface area (Å²) in [6, 6.07) is 7.80. The van der Waals surface area contributed by atoms with Crippen LogP contribution in [0.3, 0.4) is 0 Å². The van der Waals surface area contributed by atoms with Gasteiger partial charge >= 0.3 is 5.97 Å². The number of hydrogen-bond donors (Lipinski definition) is 1. The number of nitrogens with one attached hydrogen (secondary N) is 1. The molecule has 2 aromatic carbocycles. The lowest BCUT2D eigenvalue weighted by molar-refractivity contribution is 0.0601. The van der Waals surface area contributed by atoms with E-state index in [1.807, 2.05) is 0 Å². The van der Waals surface area contributed by atoms with Crippen LogP contribution in [-0.4, -0.2) is 35.3 Å². The normalized spacial score (nSPS) is 14.5. The molecule has 2 aliphatic rings. The van der Waals surface area contributed by atoms with Crippen LogP contribution in [0.2, 0.25) is 0 Å². The number of ether oxygens (including phenoxy) is 3. The summed E-state index contributed by atoms with van der Waals surface area (Å²) in [5.74, 6) is 0.506. The summed E-state index contributed by atoms with van der Waals surface area (Å²) in [6.45, 7) is 0.698. The van der Waals surface area contributed by atoms with E-state index in [0.717, 1.165) is 31.5 Å². The van der Waals surface area contributed by atoms with Crippen LogP contribution in [0.5, 0.6) is 11.5 Å². The van der Waals surface area contributed by atoms with Gasteiger partial charge in [0.15, 0.2) is 11.5 Å². The molecular weight excluding hydrogens is 414 g/mol. The number of hydrogen-bond acceptors (Lipinski definition) is 7. The number of anilines is 1. The van der Waals surface area contributed by atoms with Gasteiger partial charge in [0.25, 0.3) is 11.5 Å². The number of rotatable bonds is 3. The van der Waals surface area contributed by atoms with Crippen LogP contribution >= 0.6 is 0 Å². The molecule has 0 bridgehead atoms. The summed E-state index contributed by atoms with van der Waals surface area (Å²) >= 11 is 0. The average molecular weight is 435 g/mol. The lowest BCUT2D eigenvalue weighted by Gasteiger charge is -2.12. The molecule has 9 nitrogen and oxygen atoms in total. The molecule has 3 heterocycles. The Morgan fingerprint density at radius 1 is 1.09 bits per heavy atom. The van der Waals surface area contributed by atoms with Crippen molar-refractivity contribution >= 4 is 28.5 Å². The molecule has 1 amide bonds. The Bertz CT molecular complexity index is 1310. The molecule has 0 fully saturated rings. The third kappa shape index (κ3) is 3.45. The number of aromatic nitrogens is 2. The largest absolute Gasteiger partial charge is 0.465 e. The molecule has 0 radical (unpaired) electrons. The SMILES string of the molecule is COC(=O)c1cc2c(cc1NC(=O)c1ccc3c(=O)n4c(nc3c1)CCCCC4)OCO2. The molecule has 2 aliphatic heterocycles. The zero-order chi connectivity index (χ0) is 22.2. The Hall–Kier alpha value is -3.88. The number of fused-ring (bicyclic) bond motifs is 3. The number of esters is 1. The molecule has 1 N–H and O–H groups in total. The molecule has 0 saturated carbocycles. The summed E-state index contributed by atoms with van der Waals surface area (Å²) < 4.78 is 17.2. The molecular formula is C23H21N3O6. The minimum Gasteiger partial charge on any atom is -0.465 e. The molecule has 9 heteroatoms. The second-order valence-corrected chi connectivity index (χ2v) is 7.72. The number of carbonyl (C=O) groups is 2. The zero-order valence-electron chi connectivity index (χ0n) is 17.5. The fourth-order valence-electron chi connectivity index (χ4n) is 4.08. The van der Waals surface area contributed by atoms with Crippen molar-refractivity contribution in [1.82, 2.24) is 9.55 Å². The molecule has 32 heavy (non-hydrogen) atoms. The molecule has 3 aromatic rings. The maximum absolute atomic E-state index is 13.0. The minimum absolute atomic E-state index is 0.0313. The van der Waals surface area contributed by atoms with E-state index in [1.54, 1.807) is 22.8 Å². The summed E-state index contributed by atoms with van der Waals surface area (Å²) in [6.07, 6.45) is 3.74. The fraction of sp³-hybridized carbons (Fsp3) is 0.304. The van der Waals surface area contributed by atoms with Crippen molar-refractivity contribution in [3.63, 3.8) is 0 Å². The molecule has 0 aliphatic carbocycles. The van der Waals surface area contributed by atoms with Gasteiger partial charge in [0.1, 0.15) is 5.82 Å². The van der Waals surface area contributed by atoms with E-state index in [4.69, 9.17) is 14.2 Å². The van der Waals surface area contributed by atoms with E-state index in [1.165, 1.54) is 19.2 Å². The van der Waals surface area contributed by atoms with Crippen LogP contribution in [0.15, 0.2) is 35.1 Å². The van der Waals surface area contributed by atoms with Gasteiger partial charge in [0.05, 0.1) is 29.3 Å². The quantitative estimate of drug-likeness (QED) is 0.630. The molecule has 0 unspecified atom stereocenters. The van der Waals surface area contributed by atoms with Crippen LogP contribution in [0.25, 0.3) is 10.9 Å². The highest BCUT2D eigenvalue weighted by Crippen LogP contribution is 2.37. The van der Waals surface area contributed by atoms with Crippen molar-refractivity contribution in [3.05, 3.63) is 57.6 Å². The highest BCUT2D eigenvalue weighted by atomic mass is 16.7. The Kier molecular flexibility index (Phi) is 5.01. The van der Waals surface area contributed by atoms with Crippen LogP contribution in [0.1, 0.15) is 45.8 Å². The molecule has 1 aromatic heterocycles.